The van der Waals surface area contributed by atoms with Crippen LogP contribution in [0.1, 0.15) is 37.3 Å². The number of amides is 2. The van der Waals surface area contributed by atoms with Crippen LogP contribution in [0, 0.1) is 11.8 Å². The average Bonchev–Trinajstić information content (AvgIpc) is 3.47. The third-order valence-corrected chi connectivity index (χ3v) is 6.86. The molecule has 8 nitrogen and oxygen atoms in total. The maximum absolute atomic E-state index is 12.8. The van der Waals surface area contributed by atoms with Gasteiger partial charge in [0.2, 0.25) is 5.91 Å². The zero-order chi connectivity index (χ0) is 24.9. The van der Waals surface area contributed by atoms with Gasteiger partial charge >= 0.3 is 12.1 Å². The third-order valence-electron chi connectivity index (χ3n) is 6.86. The van der Waals surface area contributed by atoms with Gasteiger partial charge in [-0.1, -0.05) is 55.5 Å². The number of carbonyl (C=O) groups excluding carboxylic acids is 2. The zero-order valence-electron chi connectivity index (χ0n) is 20.1. The van der Waals surface area contributed by atoms with E-state index in [2.05, 4.69) is 29.6 Å². The molecule has 2 aliphatic rings. The predicted molar refractivity (Wildman–Crippen MR) is 130 cm³/mol. The van der Waals surface area contributed by atoms with Crippen molar-refractivity contribution < 1.29 is 29.0 Å². The average molecular weight is 481 g/mol. The first-order chi connectivity index (χ1) is 16.9. The SMILES string of the molecule is CCN(CC(C)C(=O)O)C(=O)C1COC(CNC(=O)OCC2c3ccccc3-c3ccccc32)C1. The number of rotatable bonds is 9. The zero-order valence-corrected chi connectivity index (χ0v) is 20.1. The molecule has 2 aromatic carbocycles. The summed E-state index contributed by atoms with van der Waals surface area (Å²) in [5.74, 6) is -2.02. The highest BCUT2D eigenvalue weighted by atomic mass is 16.5. The monoisotopic (exact) mass is 480 g/mol. The highest BCUT2D eigenvalue weighted by Crippen LogP contribution is 2.44. The van der Waals surface area contributed by atoms with E-state index in [1.165, 1.54) is 11.1 Å². The smallest absolute Gasteiger partial charge is 0.407 e. The fourth-order valence-electron chi connectivity index (χ4n) is 4.91. The topological polar surface area (TPSA) is 105 Å². The predicted octanol–water partition coefficient (Wildman–Crippen LogP) is 3.50. The van der Waals surface area contributed by atoms with Crippen LogP contribution in [-0.4, -0.2) is 66.9 Å². The van der Waals surface area contributed by atoms with Crippen molar-refractivity contribution in [3.8, 4) is 11.1 Å². The Kier molecular flexibility index (Phi) is 7.70. The first-order valence-corrected chi connectivity index (χ1v) is 12.1. The number of hydrogen-bond acceptors (Lipinski definition) is 5. The fourth-order valence-corrected chi connectivity index (χ4v) is 4.91. The summed E-state index contributed by atoms with van der Waals surface area (Å²) in [5, 5.41) is 11.9. The third kappa shape index (κ3) is 5.48. The Labute approximate surface area is 205 Å². The molecular weight excluding hydrogens is 448 g/mol. The lowest BCUT2D eigenvalue weighted by molar-refractivity contribution is -0.143. The second-order valence-corrected chi connectivity index (χ2v) is 9.21. The Morgan fingerprint density at radius 3 is 2.34 bits per heavy atom. The van der Waals surface area contributed by atoms with Crippen molar-refractivity contribution in [3.63, 3.8) is 0 Å². The highest BCUT2D eigenvalue weighted by Gasteiger charge is 2.34. The van der Waals surface area contributed by atoms with E-state index < -0.39 is 18.0 Å². The maximum atomic E-state index is 12.8. The second-order valence-electron chi connectivity index (χ2n) is 9.21. The molecule has 35 heavy (non-hydrogen) atoms. The van der Waals surface area contributed by atoms with Gasteiger partial charge in [-0.25, -0.2) is 4.79 Å². The van der Waals surface area contributed by atoms with Gasteiger partial charge in [-0.15, -0.1) is 0 Å². The molecule has 186 valence electrons. The molecule has 0 saturated carbocycles. The van der Waals surface area contributed by atoms with Crippen molar-refractivity contribution in [2.24, 2.45) is 11.8 Å². The molecule has 4 rings (SSSR count). The highest BCUT2D eigenvalue weighted by molar-refractivity contribution is 5.80. The number of benzene rings is 2. The Morgan fingerprint density at radius 2 is 1.74 bits per heavy atom. The van der Waals surface area contributed by atoms with Crippen LogP contribution < -0.4 is 5.32 Å². The van der Waals surface area contributed by atoms with Gasteiger partial charge in [-0.2, -0.15) is 0 Å². The van der Waals surface area contributed by atoms with Gasteiger partial charge in [0.1, 0.15) is 6.61 Å². The molecule has 0 radical (unpaired) electrons. The fraction of sp³-hybridized carbons (Fsp3) is 0.444. The number of aliphatic carboxylic acids is 1. The van der Waals surface area contributed by atoms with Crippen molar-refractivity contribution in [2.75, 3.05) is 32.8 Å². The van der Waals surface area contributed by atoms with Crippen LogP contribution in [0.15, 0.2) is 48.5 Å². The molecule has 1 heterocycles. The molecule has 2 N–H and O–H groups in total. The number of carboxylic acid groups (broad SMARTS) is 1. The van der Waals surface area contributed by atoms with Gasteiger partial charge in [-0.3, -0.25) is 9.59 Å². The van der Waals surface area contributed by atoms with Crippen molar-refractivity contribution in [3.05, 3.63) is 59.7 Å². The number of fused-ring (bicyclic) bond motifs is 3. The molecule has 8 heteroatoms. The molecule has 2 aromatic rings. The van der Waals surface area contributed by atoms with E-state index >= 15 is 0 Å². The molecule has 2 amide bonds. The number of ether oxygens (including phenoxy) is 2. The quantitative estimate of drug-likeness (QED) is 0.569. The van der Waals surface area contributed by atoms with Crippen LogP contribution in [0.5, 0.6) is 0 Å². The second kappa shape index (κ2) is 10.9. The molecule has 3 unspecified atom stereocenters. The molecule has 1 aliphatic heterocycles. The molecule has 1 fully saturated rings. The maximum Gasteiger partial charge on any atom is 0.407 e. The molecular formula is C27H32N2O6. The first-order valence-electron chi connectivity index (χ1n) is 12.1. The van der Waals surface area contributed by atoms with E-state index in [0.29, 0.717) is 13.0 Å². The van der Waals surface area contributed by atoms with Crippen molar-refractivity contribution >= 4 is 18.0 Å². The van der Waals surface area contributed by atoms with E-state index in [4.69, 9.17) is 14.6 Å². The summed E-state index contributed by atoms with van der Waals surface area (Å²) in [6, 6.07) is 16.3. The van der Waals surface area contributed by atoms with Crippen molar-refractivity contribution in [1.29, 1.82) is 0 Å². The standard InChI is InChI=1S/C27H32N2O6/c1-3-29(14-17(2)26(31)32)25(30)18-12-19(34-15-18)13-28-27(33)35-16-24-22-10-6-4-8-20(22)21-9-5-7-11-23(21)24/h4-11,17-19,24H,3,12-16H2,1-2H3,(H,28,33)(H,31,32). The van der Waals surface area contributed by atoms with Crippen LogP contribution in [-0.2, 0) is 19.1 Å². The van der Waals surface area contributed by atoms with Crippen molar-refractivity contribution in [2.45, 2.75) is 32.3 Å². The number of hydrogen-bond donors (Lipinski definition) is 2. The molecule has 0 aromatic heterocycles. The minimum atomic E-state index is -0.927. The van der Waals surface area contributed by atoms with Crippen LogP contribution >= 0.6 is 0 Å². The Hall–Kier alpha value is -3.39. The van der Waals surface area contributed by atoms with E-state index in [-0.39, 0.29) is 50.2 Å². The lowest BCUT2D eigenvalue weighted by atomic mass is 9.98. The minimum absolute atomic E-state index is 0.00824. The number of nitrogens with zero attached hydrogens (tertiary/aromatic N) is 1. The summed E-state index contributed by atoms with van der Waals surface area (Å²) in [5.41, 5.74) is 4.65. The molecule has 3 atom stereocenters. The summed E-state index contributed by atoms with van der Waals surface area (Å²) in [6.07, 6.45) is -0.337. The summed E-state index contributed by atoms with van der Waals surface area (Å²) >= 11 is 0. The molecule has 0 bridgehead atoms. The molecule has 0 spiro atoms. The van der Waals surface area contributed by atoms with E-state index in [9.17, 15) is 14.4 Å². The Balaban J connectivity index is 1.25. The first kappa shape index (κ1) is 24.7. The Morgan fingerprint density at radius 1 is 1.11 bits per heavy atom. The van der Waals surface area contributed by atoms with Crippen LogP contribution in [0.25, 0.3) is 11.1 Å². The summed E-state index contributed by atoms with van der Waals surface area (Å²) in [7, 11) is 0. The largest absolute Gasteiger partial charge is 0.481 e. The molecule has 1 saturated heterocycles. The lowest BCUT2D eigenvalue weighted by Crippen LogP contribution is -2.40. The lowest BCUT2D eigenvalue weighted by Gasteiger charge is -2.25. The minimum Gasteiger partial charge on any atom is -0.481 e. The van der Waals surface area contributed by atoms with E-state index in [1.807, 2.05) is 31.2 Å². The number of carboxylic acids is 1. The summed E-state index contributed by atoms with van der Waals surface area (Å²) < 4.78 is 11.3. The van der Waals surface area contributed by atoms with E-state index in [0.717, 1.165) is 11.1 Å². The van der Waals surface area contributed by atoms with Gasteiger partial charge < -0.3 is 24.8 Å². The summed E-state index contributed by atoms with van der Waals surface area (Å²) in [4.78, 5) is 37.9. The van der Waals surface area contributed by atoms with Crippen LogP contribution in [0.3, 0.4) is 0 Å². The van der Waals surface area contributed by atoms with Gasteiger partial charge in [-0.05, 0) is 35.6 Å². The number of carbonyl (C=O) groups is 3. The normalized spacial score (nSPS) is 19.5. The number of nitrogens with one attached hydrogen (secondary N) is 1. The number of alkyl carbamates (subject to hydrolysis) is 1. The van der Waals surface area contributed by atoms with Crippen molar-refractivity contribution in [1.82, 2.24) is 10.2 Å². The van der Waals surface area contributed by atoms with Gasteiger partial charge in [0.25, 0.3) is 0 Å². The van der Waals surface area contributed by atoms with Crippen LogP contribution in [0.4, 0.5) is 4.79 Å². The molecule has 1 aliphatic carbocycles. The van der Waals surface area contributed by atoms with Crippen LogP contribution in [0.2, 0.25) is 0 Å². The van der Waals surface area contributed by atoms with Gasteiger partial charge in [0.05, 0.1) is 24.5 Å². The van der Waals surface area contributed by atoms with Gasteiger partial charge in [0.15, 0.2) is 0 Å². The Bertz CT molecular complexity index is 1040. The van der Waals surface area contributed by atoms with Gasteiger partial charge in [0, 0.05) is 25.6 Å². The summed E-state index contributed by atoms with van der Waals surface area (Å²) in [6.45, 7) is 4.77. The van der Waals surface area contributed by atoms with E-state index in [1.54, 1.807) is 11.8 Å².